The highest BCUT2D eigenvalue weighted by atomic mass is 35.5. The number of thiophene rings is 1. The number of fused-ring (bicyclic) bond motifs is 5. The van der Waals surface area contributed by atoms with E-state index in [1.54, 1.807) is 29.5 Å². The minimum atomic E-state index is 0.0446. The molecule has 0 spiro atoms. The maximum absolute atomic E-state index is 12.9. The second-order valence-electron chi connectivity index (χ2n) is 9.32. The van der Waals surface area contributed by atoms with Crippen molar-refractivity contribution in [3.63, 3.8) is 0 Å². The normalized spacial score (nSPS) is 22.1. The third-order valence-corrected chi connectivity index (χ3v) is 8.18. The average Bonchev–Trinajstić information content (AvgIpc) is 3.37. The number of hydrogen-bond acceptors (Lipinski definition) is 8. The van der Waals surface area contributed by atoms with Crippen molar-refractivity contribution >= 4 is 50.6 Å². The van der Waals surface area contributed by atoms with Gasteiger partial charge in [-0.25, -0.2) is 9.97 Å². The maximum atomic E-state index is 12.9. The molecule has 3 aliphatic rings. The van der Waals surface area contributed by atoms with Crippen LogP contribution in [-0.2, 0) is 22.5 Å². The number of likely N-dealkylation sites (tertiary alicyclic amines) is 1. The minimum Gasteiger partial charge on any atom is -0.508 e. The molecule has 3 aromatic rings. The van der Waals surface area contributed by atoms with Gasteiger partial charge in [-0.05, 0) is 37.0 Å². The smallest absolute Gasteiger partial charge is 0.246 e. The van der Waals surface area contributed by atoms with E-state index in [9.17, 15) is 9.90 Å². The Balaban J connectivity index is 1.15. The molecule has 0 radical (unpaired) electrons. The molecular formula is C25H26ClN5O3S. The highest BCUT2D eigenvalue weighted by Gasteiger charge is 2.33. The molecule has 2 unspecified atom stereocenters. The zero-order valence-corrected chi connectivity index (χ0v) is 20.7. The Kier molecular flexibility index (Phi) is 6.09. The Bertz CT molecular complexity index is 1280. The molecule has 2 aromatic heterocycles. The first kappa shape index (κ1) is 22.7. The van der Waals surface area contributed by atoms with Crippen molar-refractivity contribution < 1.29 is 14.6 Å². The highest BCUT2D eigenvalue weighted by molar-refractivity contribution is 7.19. The van der Waals surface area contributed by atoms with Crippen LogP contribution in [-0.4, -0.2) is 69.2 Å². The van der Waals surface area contributed by atoms with Gasteiger partial charge in [-0.2, -0.15) is 0 Å². The van der Waals surface area contributed by atoms with Gasteiger partial charge in [0.1, 0.15) is 22.7 Å². The summed E-state index contributed by atoms with van der Waals surface area (Å²) in [5, 5.41) is 14.6. The SMILES string of the molecule is O=C(/C=C/CN1CC2CCC(C1)O2)N1CCc2c(sc3ncnc(Nc4cc(O)cc(Cl)c4)c23)C1. The predicted octanol–water partition coefficient (Wildman–Crippen LogP) is 4.10. The van der Waals surface area contributed by atoms with E-state index in [-0.39, 0.29) is 11.7 Å². The summed E-state index contributed by atoms with van der Waals surface area (Å²) in [7, 11) is 0. The molecule has 3 aliphatic heterocycles. The quantitative estimate of drug-likeness (QED) is 0.498. The van der Waals surface area contributed by atoms with Crippen LogP contribution >= 0.6 is 22.9 Å². The van der Waals surface area contributed by atoms with Crippen LogP contribution in [0.25, 0.3) is 10.2 Å². The molecule has 1 amide bonds. The van der Waals surface area contributed by atoms with E-state index in [1.165, 1.54) is 18.0 Å². The fourth-order valence-electron chi connectivity index (χ4n) is 5.25. The molecule has 2 N–H and O–H groups in total. The largest absolute Gasteiger partial charge is 0.508 e. The Morgan fingerprint density at radius 3 is 2.89 bits per heavy atom. The summed E-state index contributed by atoms with van der Waals surface area (Å²) in [5.41, 5.74) is 1.83. The molecule has 10 heteroatoms. The lowest BCUT2D eigenvalue weighted by Crippen LogP contribution is -2.42. The topological polar surface area (TPSA) is 90.8 Å². The standard InChI is InChI=1S/C25H26ClN5O3S/c26-15-8-16(10-17(32)9-15)29-24-23-20-5-7-31(13-21(20)35-25(23)28-14-27-24)22(33)2-1-6-30-11-18-3-4-19(12-30)34-18/h1-2,8-10,14,18-19,32H,3-7,11-13H2,(H,27,28,29)/b2-1+. The summed E-state index contributed by atoms with van der Waals surface area (Å²) in [6.07, 6.45) is 8.99. The van der Waals surface area contributed by atoms with Gasteiger partial charge >= 0.3 is 0 Å². The van der Waals surface area contributed by atoms with Crippen LogP contribution < -0.4 is 5.32 Å². The van der Waals surface area contributed by atoms with Gasteiger partial charge in [-0.3, -0.25) is 9.69 Å². The van der Waals surface area contributed by atoms with Crippen molar-refractivity contribution in [3.05, 3.63) is 52.1 Å². The molecule has 182 valence electrons. The molecular weight excluding hydrogens is 486 g/mol. The number of phenolic OH excluding ortho intramolecular Hbond substituents is 1. The second kappa shape index (κ2) is 9.39. The number of anilines is 2. The third-order valence-electron chi connectivity index (χ3n) is 6.84. The molecule has 2 bridgehead atoms. The Labute approximate surface area is 212 Å². The fourth-order valence-corrected chi connectivity index (χ4v) is 6.68. The van der Waals surface area contributed by atoms with Crippen molar-refractivity contribution in [3.8, 4) is 5.75 Å². The highest BCUT2D eigenvalue weighted by Crippen LogP contribution is 2.38. The first-order valence-corrected chi connectivity index (χ1v) is 13.1. The summed E-state index contributed by atoms with van der Waals surface area (Å²) in [4.78, 5) is 28.1. The zero-order valence-electron chi connectivity index (χ0n) is 19.1. The zero-order chi connectivity index (χ0) is 23.9. The van der Waals surface area contributed by atoms with Gasteiger partial charge in [-0.15, -0.1) is 11.3 Å². The Morgan fingerprint density at radius 2 is 2.09 bits per heavy atom. The molecule has 2 saturated heterocycles. The van der Waals surface area contributed by atoms with E-state index in [1.807, 2.05) is 11.0 Å². The average molecular weight is 512 g/mol. The van der Waals surface area contributed by atoms with Crippen LogP contribution in [0.3, 0.4) is 0 Å². The van der Waals surface area contributed by atoms with Crippen molar-refractivity contribution in [2.75, 3.05) is 31.5 Å². The number of morpholine rings is 1. The summed E-state index contributed by atoms with van der Waals surface area (Å²) < 4.78 is 5.89. The fraction of sp³-hybridized carbons (Fsp3) is 0.400. The third kappa shape index (κ3) is 4.73. The van der Waals surface area contributed by atoms with Crippen LogP contribution in [0.2, 0.25) is 5.02 Å². The summed E-state index contributed by atoms with van der Waals surface area (Å²) in [6.45, 7) is 3.91. The molecule has 6 rings (SSSR count). The minimum absolute atomic E-state index is 0.0446. The Hall–Kier alpha value is -2.72. The molecule has 35 heavy (non-hydrogen) atoms. The van der Waals surface area contributed by atoms with Crippen LogP contribution in [0, 0.1) is 0 Å². The lowest BCUT2D eigenvalue weighted by Gasteiger charge is -2.31. The van der Waals surface area contributed by atoms with Gasteiger partial charge in [0, 0.05) is 53.9 Å². The number of nitrogens with zero attached hydrogens (tertiary/aromatic N) is 4. The van der Waals surface area contributed by atoms with E-state index >= 15 is 0 Å². The van der Waals surface area contributed by atoms with Gasteiger partial charge in [0.2, 0.25) is 5.91 Å². The van der Waals surface area contributed by atoms with Crippen molar-refractivity contribution in [2.45, 2.75) is 38.0 Å². The number of ether oxygens (including phenoxy) is 1. The molecule has 0 aliphatic carbocycles. The number of aromatic nitrogens is 2. The number of benzene rings is 1. The van der Waals surface area contributed by atoms with E-state index in [2.05, 4.69) is 20.2 Å². The molecule has 1 aromatic carbocycles. The van der Waals surface area contributed by atoms with Crippen molar-refractivity contribution in [1.29, 1.82) is 0 Å². The first-order valence-electron chi connectivity index (χ1n) is 11.9. The number of rotatable bonds is 5. The van der Waals surface area contributed by atoms with Gasteiger partial charge in [0.15, 0.2) is 0 Å². The number of phenols is 1. The van der Waals surface area contributed by atoms with E-state index in [4.69, 9.17) is 16.3 Å². The van der Waals surface area contributed by atoms with Crippen LogP contribution in [0.4, 0.5) is 11.5 Å². The molecule has 0 saturated carbocycles. The summed E-state index contributed by atoms with van der Waals surface area (Å²) >= 11 is 7.69. The first-order chi connectivity index (χ1) is 17.0. The molecule has 2 atom stereocenters. The molecule has 2 fully saturated rings. The second-order valence-corrected chi connectivity index (χ2v) is 10.8. The number of carbonyl (C=O) groups excluding carboxylic acids is 1. The van der Waals surface area contributed by atoms with Gasteiger partial charge in [0.05, 0.1) is 24.1 Å². The van der Waals surface area contributed by atoms with Crippen molar-refractivity contribution in [1.82, 2.24) is 19.8 Å². The van der Waals surface area contributed by atoms with Gasteiger partial charge < -0.3 is 20.1 Å². The lowest BCUT2D eigenvalue weighted by molar-refractivity contribution is -0.126. The molecule has 8 nitrogen and oxygen atoms in total. The summed E-state index contributed by atoms with van der Waals surface area (Å²) in [6, 6.07) is 4.83. The molecule has 5 heterocycles. The predicted molar refractivity (Wildman–Crippen MR) is 136 cm³/mol. The van der Waals surface area contributed by atoms with Crippen molar-refractivity contribution in [2.24, 2.45) is 0 Å². The summed E-state index contributed by atoms with van der Waals surface area (Å²) in [5.74, 6) is 0.803. The van der Waals surface area contributed by atoms with E-state index < -0.39 is 0 Å². The lowest BCUT2D eigenvalue weighted by atomic mass is 10.0. The number of aromatic hydroxyl groups is 1. The number of carbonyl (C=O) groups is 1. The van der Waals surface area contributed by atoms with Gasteiger partial charge in [-0.1, -0.05) is 17.7 Å². The van der Waals surface area contributed by atoms with Crippen LogP contribution in [0.5, 0.6) is 5.75 Å². The van der Waals surface area contributed by atoms with Crippen LogP contribution in [0.15, 0.2) is 36.7 Å². The van der Waals surface area contributed by atoms with Gasteiger partial charge in [0.25, 0.3) is 0 Å². The number of hydrogen-bond donors (Lipinski definition) is 2. The number of halogens is 1. The monoisotopic (exact) mass is 511 g/mol. The number of amides is 1. The number of nitrogens with one attached hydrogen (secondary N) is 1. The maximum Gasteiger partial charge on any atom is 0.246 e. The van der Waals surface area contributed by atoms with E-state index in [0.29, 0.717) is 41.8 Å². The van der Waals surface area contributed by atoms with E-state index in [0.717, 1.165) is 54.0 Å². The Morgan fingerprint density at radius 1 is 1.26 bits per heavy atom. The van der Waals surface area contributed by atoms with Crippen LogP contribution in [0.1, 0.15) is 23.3 Å².